The van der Waals surface area contributed by atoms with Crippen LogP contribution in [0.5, 0.6) is 0 Å². The smallest absolute Gasteiger partial charge is 0.338 e. The minimum atomic E-state index is -3.97. The molecule has 1 amide bonds. The number of carboxylic acid groups (broad SMARTS) is 1. The zero-order chi connectivity index (χ0) is 20.9. The lowest BCUT2D eigenvalue weighted by Crippen LogP contribution is -2.58. The van der Waals surface area contributed by atoms with E-state index in [0.29, 0.717) is 0 Å². The molecule has 0 saturated carbocycles. The summed E-state index contributed by atoms with van der Waals surface area (Å²) in [5, 5.41) is 8.06. The van der Waals surface area contributed by atoms with E-state index in [1.54, 1.807) is 0 Å². The Bertz CT molecular complexity index is 1030. The van der Waals surface area contributed by atoms with Gasteiger partial charge in [-0.15, -0.1) is 0 Å². The van der Waals surface area contributed by atoms with Gasteiger partial charge in [0.25, 0.3) is 5.91 Å². The first-order valence-electron chi connectivity index (χ1n) is 8.28. The van der Waals surface area contributed by atoms with E-state index >= 15 is 0 Å². The van der Waals surface area contributed by atoms with Crippen LogP contribution in [0.25, 0.3) is 6.08 Å². The monoisotopic (exact) mass is 406 g/mol. The molecular formula is C18H18N2O7S. The Labute approximate surface area is 161 Å². The Morgan fingerprint density at radius 1 is 1.43 bits per heavy atom. The van der Waals surface area contributed by atoms with Crippen molar-refractivity contribution in [3.05, 3.63) is 47.8 Å². The molecule has 3 heterocycles. The number of carbonyl (C=O) groups excluding carboxylic acids is 2. The van der Waals surface area contributed by atoms with Crippen molar-refractivity contribution in [1.29, 1.82) is 0 Å². The zero-order valence-corrected chi connectivity index (χ0v) is 16.0. The van der Waals surface area contributed by atoms with Gasteiger partial charge in [0.15, 0.2) is 21.3 Å². The first-order valence-corrected chi connectivity index (χ1v) is 9.83. The molecule has 2 aliphatic heterocycles. The molecule has 2 aliphatic rings. The van der Waals surface area contributed by atoms with E-state index in [9.17, 15) is 27.9 Å². The summed E-state index contributed by atoms with van der Waals surface area (Å²) >= 11 is 0. The number of aromatic nitrogens is 1. The minimum absolute atomic E-state index is 0.0248. The van der Waals surface area contributed by atoms with E-state index in [0.717, 1.165) is 4.90 Å². The van der Waals surface area contributed by atoms with Gasteiger partial charge < -0.3 is 14.7 Å². The second-order valence-electron chi connectivity index (χ2n) is 6.91. The van der Waals surface area contributed by atoms with E-state index in [1.165, 1.54) is 44.3 Å². The molecule has 0 aromatic carbocycles. The molecule has 1 aromatic heterocycles. The normalized spacial score (nSPS) is 25.7. The van der Waals surface area contributed by atoms with Gasteiger partial charge in [-0.05, 0) is 32.1 Å². The summed E-state index contributed by atoms with van der Waals surface area (Å²) in [5.41, 5.74) is 0.272. The highest BCUT2D eigenvalue weighted by Crippen LogP contribution is 2.48. The van der Waals surface area contributed by atoms with Crippen molar-refractivity contribution in [3.63, 3.8) is 0 Å². The number of carbonyl (C=O) groups is 3. The van der Waals surface area contributed by atoms with E-state index in [1.807, 2.05) is 0 Å². The number of amides is 1. The largest absolute Gasteiger partial charge is 0.480 e. The molecule has 0 radical (unpaired) electrons. The highest BCUT2D eigenvalue weighted by atomic mass is 32.2. The second kappa shape index (κ2) is 6.55. The number of sulfone groups is 1. The highest BCUT2D eigenvalue weighted by molar-refractivity contribution is 7.94. The fraction of sp³-hybridized carbons (Fsp3) is 0.333. The summed E-state index contributed by atoms with van der Waals surface area (Å²) in [6, 6.07) is 1.30. The molecule has 9 nitrogen and oxygen atoms in total. The van der Waals surface area contributed by atoms with Crippen molar-refractivity contribution in [2.75, 3.05) is 6.61 Å². The van der Waals surface area contributed by atoms with Gasteiger partial charge in [-0.3, -0.25) is 9.78 Å². The van der Waals surface area contributed by atoms with Crippen molar-refractivity contribution in [2.24, 2.45) is 0 Å². The maximum atomic E-state index is 12.8. The number of carboxylic acids is 1. The third-order valence-corrected chi connectivity index (χ3v) is 7.61. The summed E-state index contributed by atoms with van der Waals surface area (Å²) in [7, 11) is -3.97. The molecule has 2 saturated heterocycles. The molecule has 0 bridgehead atoms. The van der Waals surface area contributed by atoms with E-state index < -0.39 is 43.8 Å². The van der Waals surface area contributed by atoms with Gasteiger partial charge in [0.2, 0.25) is 0 Å². The van der Waals surface area contributed by atoms with E-state index in [4.69, 9.17) is 4.74 Å². The number of aliphatic carboxylic acids is 1. The molecular weight excluding hydrogens is 388 g/mol. The number of ether oxygens (including phenoxy) is 1. The number of rotatable bonds is 5. The van der Waals surface area contributed by atoms with Crippen LogP contribution in [-0.4, -0.2) is 64.0 Å². The number of esters is 1. The summed E-state index contributed by atoms with van der Waals surface area (Å²) in [6.07, 6.45) is 3.99. The fourth-order valence-electron chi connectivity index (χ4n) is 3.37. The van der Waals surface area contributed by atoms with Crippen LogP contribution < -0.4 is 0 Å². The van der Waals surface area contributed by atoms with Crippen molar-refractivity contribution in [2.45, 2.75) is 30.0 Å². The Morgan fingerprint density at radius 2 is 2.11 bits per heavy atom. The third kappa shape index (κ3) is 2.71. The Morgan fingerprint density at radius 3 is 2.71 bits per heavy atom. The van der Waals surface area contributed by atoms with E-state index in [-0.39, 0.29) is 23.4 Å². The summed E-state index contributed by atoms with van der Waals surface area (Å²) in [6.45, 7) is 6.05. The predicted molar refractivity (Wildman–Crippen MR) is 97.8 cm³/mol. The van der Waals surface area contributed by atoms with Crippen LogP contribution in [-0.2, 0) is 24.2 Å². The van der Waals surface area contributed by atoms with Crippen LogP contribution in [0.3, 0.4) is 0 Å². The average molecular weight is 406 g/mol. The quantitative estimate of drug-likeness (QED) is 0.326. The summed E-state index contributed by atoms with van der Waals surface area (Å²) in [5.74, 6) is -2.69. The first-order chi connectivity index (χ1) is 13.0. The molecule has 1 aromatic rings. The lowest BCUT2D eigenvalue weighted by Gasteiger charge is -2.37. The second-order valence-corrected chi connectivity index (χ2v) is 9.50. The highest BCUT2D eigenvalue weighted by Gasteiger charge is 2.70. The molecule has 2 atom stereocenters. The lowest BCUT2D eigenvalue weighted by atomic mass is 9.95. The fourth-order valence-corrected chi connectivity index (χ4v) is 5.49. The standard InChI is InChI=1S/C18H18N2O7S/c1-4-7-27-17(24)10-5-6-19-11(8-10)9-12-14(21)20-13(16(22)23)18(2,3)28(25,26)15(12)20/h4-6,8-9,13,15H,1,7H2,2-3H3,(H,22,23)/t13-,15+/m0/s1. The van der Waals surface area contributed by atoms with Gasteiger partial charge in [0.05, 0.1) is 16.8 Å². The van der Waals surface area contributed by atoms with Gasteiger partial charge in [-0.25, -0.2) is 18.0 Å². The van der Waals surface area contributed by atoms with Gasteiger partial charge in [0.1, 0.15) is 11.4 Å². The van der Waals surface area contributed by atoms with Crippen molar-refractivity contribution in [1.82, 2.24) is 9.88 Å². The maximum Gasteiger partial charge on any atom is 0.338 e. The maximum absolute atomic E-state index is 12.8. The Balaban J connectivity index is 1.98. The summed E-state index contributed by atoms with van der Waals surface area (Å²) in [4.78, 5) is 40.9. The van der Waals surface area contributed by atoms with Crippen LogP contribution in [0, 0.1) is 0 Å². The first kappa shape index (κ1) is 19.7. The van der Waals surface area contributed by atoms with Crippen molar-refractivity contribution < 1.29 is 32.6 Å². The Kier molecular flexibility index (Phi) is 4.62. The number of pyridine rings is 1. The van der Waals surface area contributed by atoms with Gasteiger partial charge in [0, 0.05) is 6.20 Å². The number of nitrogens with zero attached hydrogens (tertiary/aromatic N) is 2. The van der Waals surface area contributed by atoms with E-state index in [2.05, 4.69) is 11.6 Å². The number of hydrogen-bond donors (Lipinski definition) is 1. The number of β-lactam (4-membered cyclic amide) rings is 1. The topological polar surface area (TPSA) is 131 Å². The van der Waals surface area contributed by atoms with Crippen molar-refractivity contribution in [3.8, 4) is 0 Å². The van der Waals surface area contributed by atoms with Gasteiger partial charge in [-0.1, -0.05) is 12.7 Å². The molecule has 10 heteroatoms. The molecule has 3 rings (SSSR count). The van der Waals surface area contributed by atoms with Crippen LogP contribution in [0.1, 0.15) is 29.9 Å². The number of hydrogen-bond acceptors (Lipinski definition) is 7. The van der Waals surface area contributed by atoms with Crippen LogP contribution in [0.15, 0.2) is 36.6 Å². The van der Waals surface area contributed by atoms with Crippen LogP contribution >= 0.6 is 0 Å². The van der Waals surface area contributed by atoms with Crippen LogP contribution in [0.2, 0.25) is 0 Å². The molecule has 28 heavy (non-hydrogen) atoms. The van der Waals surface area contributed by atoms with Crippen molar-refractivity contribution >= 4 is 33.8 Å². The third-order valence-electron chi connectivity index (χ3n) is 4.85. The zero-order valence-electron chi connectivity index (χ0n) is 15.2. The Hall–Kier alpha value is -3.01. The molecule has 0 spiro atoms. The van der Waals surface area contributed by atoms with Gasteiger partial charge >= 0.3 is 11.9 Å². The molecule has 1 N–H and O–H groups in total. The molecule has 2 fully saturated rings. The average Bonchev–Trinajstić information content (AvgIpc) is 2.78. The summed E-state index contributed by atoms with van der Waals surface area (Å²) < 4.78 is 28.9. The van der Waals surface area contributed by atoms with Crippen LogP contribution in [0.4, 0.5) is 0 Å². The van der Waals surface area contributed by atoms with Gasteiger partial charge in [-0.2, -0.15) is 0 Å². The molecule has 0 aliphatic carbocycles. The predicted octanol–water partition coefficient (Wildman–Crippen LogP) is 0.636. The lowest BCUT2D eigenvalue weighted by molar-refractivity contribution is -0.152. The number of fused-ring (bicyclic) bond motifs is 1. The minimum Gasteiger partial charge on any atom is -0.480 e. The molecule has 148 valence electrons. The molecule has 0 unspecified atom stereocenters. The SMILES string of the molecule is C=CCOC(=O)c1ccnc(C=C2C(=O)N3[C@@H](C(=O)O)C(C)(C)S(=O)(=O)[C@H]23)c1.